The van der Waals surface area contributed by atoms with Gasteiger partial charge in [0.05, 0.1) is 18.7 Å². The number of ether oxygens (including phenoxy) is 1. The van der Waals surface area contributed by atoms with E-state index in [1.807, 2.05) is 58.9 Å². The third kappa shape index (κ3) is 7.03. The van der Waals surface area contributed by atoms with Gasteiger partial charge in [-0.1, -0.05) is 29.8 Å². The molecule has 0 bridgehead atoms. The number of alkyl carbamates (subject to hydrolysis) is 1. The van der Waals surface area contributed by atoms with E-state index in [1.165, 1.54) is 0 Å². The molecule has 1 amide bonds. The van der Waals surface area contributed by atoms with Gasteiger partial charge in [0.15, 0.2) is 5.96 Å². The van der Waals surface area contributed by atoms with E-state index in [2.05, 4.69) is 20.5 Å². The van der Waals surface area contributed by atoms with Crippen LogP contribution in [0.5, 0.6) is 0 Å². The average Bonchev–Trinajstić information content (AvgIpc) is 3.05. The zero-order valence-electron chi connectivity index (χ0n) is 17.7. The van der Waals surface area contributed by atoms with E-state index in [-0.39, 0.29) is 12.6 Å². The van der Waals surface area contributed by atoms with E-state index in [1.54, 1.807) is 0 Å². The molecule has 7 heteroatoms. The first-order chi connectivity index (χ1) is 13.2. The van der Waals surface area contributed by atoms with Gasteiger partial charge >= 0.3 is 6.09 Å². The summed E-state index contributed by atoms with van der Waals surface area (Å²) in [5, 5.41) is 16.6. The SMILES string of the molecule is CCNC(=NCC(O)c1ccc(C)cc1)N1CCC(NC(=O)OC(C)(C)C)C1. The second-order valence-corrected chi connectivity index (χ2v) is 8.20. The second-order valence-electron chi connectivity index (χ2n) is 8.20. The fraction of sp³-hybridized carbons (Fsp3) is 0.619. The summed E-state index contributed by atoms with van der Waals surface area (Å²) < 4.78 is 5.33. The maximum atomic E-state index is 12.0. The number of aliphatic hydroxyl groups excluding tert-OH is 1. The van der Waals surface area contributed by atoms with Crippen LogP contribution in [0.2, 0.25) is 0 Å². The summed E-state index contributed by atoms with van der Waals surface area (Å²) in [6.07, 6.45) is -0.215. The highest BCUT2D eigenvalue weighted by atomic mass is 16.6. The number of aliphatic hydroxyl groups is 1. The van der Waals surface area contributed by atoms with Gasteiger partial charge in [0.25, 0.3) is 0 Å². The Bertz CT molecular complexity index is 667. The van der Waals surface area contributed by atoms with Gasteiger partial charge in [0, 0.05) is 19.6 Å². The number of rotatable bonds is 5. The molecule has 7 nitrogen and oxygen atoms in total. The Morgan fingerprint density at radius 1 is 1.36 bits per heavy atom. The normalized spacial score (nSPS) is 18.7. The van der Waals surface area contributed by atoms with Crippen molar-refractivity contribution in [3.63, 3.8) is 0 Å². The van der Waals surface area contributed by atoms with Crippen LogP contribution < -0.4 is 10.6 Å². The molecule has 0 saturated carbocycles. The monoisotopic (exact) mass is 390 g/mol. The van der Waals surface area contributed by atoms with Crippen LogP contribution >= 0.6 is 0 Å². The number of likely N-dealkylation sites (tertiary alicyclic amines) is 1. The van der Waals surface area contributed by atoms with Crippen molar-refractivity contribution < 1.29 is 14.6 Å². The van der Waals surface area contributed by atoms with Gasteiger partial charge in [-0.2, -0.15) is 0 Å². The number of aliphatic imine (C=N–C) groups is 1. The molecule has 1 aromatic carbocycles. The van der Waals surface area contributed by atoms with Crippen molar-refractivity contribution >= 4 is 12.1 Å². The third-order valence-electron chi connectivity index (χ3n) is 4.42. The minimum absolute atomic E-state index is 0.0146. The number of amides is 1. The molecule has 0 aromatic heterocycles. The van der Waals surface area contributed by atoms with Crippen molar-refractivity contribution in [1.82, 2.24) is 15.5 Å². The van der Waals surface area contributed by atoms with Gasteiger partial charge in [-0.3, -0.25) is 4.99 Å². The van der Waals surface area contributed by atoms with Crippen LogP contribution in [0.15, 0.2) is 29.3 Å². The molecule has 1 aromatic rings. The lowest BCUT2D eigenvalue weighted by Crippen LogP contribution is -2.44. The standard InChI is InChI=1S/C21H34N4O3/c1-6-22-19(23-13-18(26)16-9-7-15(2)8-10-16)25-12-11-17(14-25)24-20(27)28-21(3,4)5/h7-10,17-18,26H,6,11-14H2,1-5H3,(H,22,23)(H,24,27). The number of guanidine groups is 1. The van der Waals surface area contributed by atoms with Crippen LogP contribution in [0.25, 0.3) is 0 Å². The first-order valence-electron chi connectivity index (χ1n) is 9.95. The second kappa shape index (κ2) is 9.78. The summed E-state index contributed by atoms with van der Waals surface area (Å²) >= 11 is 0. The number of carbonyl (C=O) groups excluding carboxylic acids is 1. The summed E-state index contributed by atoms with van der Waals surface area (Å²) in [6, 6.07) is 7.85. The summed E-state index contributed by atoms with van der Waals surface area (Å²) in [7, 11) is 0. The maximum absolute atomic E-state index is 12.0. The predicted molar refractivity (Wildman–Crippen MR) is 111 cm³/mol. The summed E-state index contributed by atoms with van der Waals surface area (Å²) in [5.41, 5.74) is 1.51. The highest BCUT2D eigenvalue weighted by Gasteiger charge is 2.28. The molecule has 0 radical (unpaired) electrons. The molecule has 1 saturated heterocycles. The zero-order chi connectivity index (χ0) is 20.7. The number of hydrogen-bond acceptors (Lipinski definition) is 4. The lowest BCUT2D eigenvalue weighted by atomic mass is 10.1. The Kier molecular flexibility index (Phi) is 7.69. The molecule has 156 valence electrons. The molecule has 0 spiro atoms. The van der Waals surface area contributed by atoms with Gasteiger partial charge in [-0.25, -0.2) is 4.79 Å². The number of benzene rings is 1. The van der Waals surface area contributed by atoms with E-state index >= 15 is 0 Å². The Morgan fingerprint density at radius 2 is 2.04 bits per heavy atom. The largest absolute Gasteiger partial charge is 0.444 e. The molecule has 28 heavy (non-hydrogen) atoms. The van der Waals surface area contributed by atoms with Gasteiger partial charge < -0.3 is 25.4 Å². The van der Waals surface area contributed by atoms with Crippen LogP contribution in [-0.2, 0) is 4.74 Å². The maximum Gasteiger partial charge on any atom is 0.407 e. The molecule has 2 rings (SSSR count). The molecule has 1 aliphatic heterocycles. The highest BCUT2D eigenvalue weighted by Crippen LogP contribution is 2.15. The molecular weight excluding hydrogens is 356 g/mol. The molecule has 1 fully saturated rings. The number of nitrogens with one attached hydrogen (secondary N) is 2. The Hall–Kier alpha value is -2.28. The highest BCUT2D eigenvalue weighted by molar-refractivity contribution is 5.80. The predicted octanol–water partition coefficient (Wildman–Crippen LogP) is 2.59. The van der Waals surface area contributed by atoms with E-state index in [0.29, 0.717) is 6.54 Å². The molecular formula is C21H34N4O3. The van der Waals surface area contributed by atoms with E-state index in [4.69, 9.17) is 4.74 Å². The number of hydrogen-bond donors (Lipinski definition) is 3. The number of nitrogens with zero attached hydrogens (tertiary/aromatic N) is 2. The van der Waals surface area contributed by atoms with E-state index in [9.17, 15) is 9.90 Å². The molecule has 1 heterocycles. The van der Waals surface area contributed by atoms with Crippen LogP contribution in [0.1, 0.15) is 51.3 Å². The van der Waals surface area contributed by atoms with E-state index in [0.717, 1.165) is 36.6 Å². The van der Waals surface area contributed by atoms with Crippen molar-refractivity contribution in [2.75, 3.05) is 26.2 Å². The summed E-state index contributed by atoms with van der Waals surface area (Å²) in [4.78, 5) is 18.7. The van der Waals surface area contributed by atoms with Crippen molar-refractivity contribution in [2.45, 2.75) is 58.8 Å². The van der Waals surface area contributed by atoms with Crippen molar-refractivity contribution in [2.24, 2.45) is 4.99 Å². The average molecular weight is 391 g/mol. The van der Waals surface area contributed by atoms with Crippen molar-refractivity contribution in [3.05, 3.63) is 35.4 Å². The minimum Gasteiger partial charge on any atom is -0.444 e. The fourth-order valence-corrected chi connectivity index (χ4v) is 3.04. The smallest absolute Gasteiger partial charge is 0.407 e. The van der Waals surface area contributed by atoms with Gasteiger partial charge in [0.1, 0.15) is 5.60 Å². The van der Waals surface area contributed by atoms with Crippen LogP contribution in [0.3, 0.4) is 0 Å². The first kappa shape index (κ1) is 22.0. The fourth-order valence-electron chi connectivity index (χ4n) is 3.04. The summed E-state index contributed by atoms with van der Waals surface area (Å²) in [6.45, 7) is 12.0. The van der Waals surface area contributed by atoms with Gasteiger partial charge in [-0.05, 0) is 46.6 Å². The van der Waals surface area contributed by atoms with Crippen LogP contribution in [-0.4, -0.2) is 59.9 Å². The molecule has 2 atom stereocenters. The Morgan fingerprint density at radius 3 is 2.64 bits per heavy atom. The Labute approximate surface area is 168 Å². The topological polar surface area (TPSA) is 86.2 Å². The lowest BCUT2D eigenvalue weighted by Gasteiger charge is -2.23. The third-order valence-corrected chi connectivity index (χ3v) is 4.42. The van der Waals surface area contributed by atoms with E-state index < -0.39 is 17.8 Å². The van der Waals surface area contributed by atoms with Crippen molar-refractivity contribution in [3.8, 4) is 0 Å². The molecule has 0 aliphatic carbocycles. The van der Waals surface area contributed by atoms with Gasteiger partial charge in [0.2, 0.25) is 0 Å². The summed E-state index contributed by atoms with van der Waals surface area (Å²) in [5.74, 6) is 0.752. The molecule has 2 unspecified atom stereocenters. The van der Waals surface area contributed by atoms with Gasteiger partial charge in [-0.15, -0.1) is 0 Å². The van der Waals surface area contributed by atoms with Crippen LogP contribution in [0, 0.1) is 6.92 Å². The minimum atomic E-state index is -0.646. The quantitative estimate of drug-likeness (QED) is 0.531. The molecule has 3 N–H and O–H groups in total. The first-order valence-corrected chi connectivity index (χ1v) is 9.95. The van der Waals surface area contributed by atoms with Crippen molar-refractivity contribution in [1.29, 1.82) is 0 Å². The Balaban J connectivity index is 1.93. The number of carbonyl (C=O) groups is 1. The molecule has 1 aliphatic rings. The number of aryl methyl sites for hydroxylation is 1. The van der Waals surface area contributed by atoms with Crippen LogP contribution in [0.4, 0.5) is 4.79 Å². The zero-order valence-corrected chi connectivity index (χ0v) is 17.7. The lowest BCUT2D eigenvalue weighted by molar-refractivity contribution is 0.0507.